The summed E-state index contributed by atoms with van der Waals surface area (Å²) in [6.07, 6.45) is 10.7. The van der Waals surface area contributed by atoms with Crippen LogP contribution in [0.5, 0.6) is 0 Å². The Bertz CT molecular complexity index is 1060. The Morgan fingerprint density at radius 3 is 2.72 bits per heavy atom. The van der Waals surface area contributed by atoms with E-state index in [0.29, 0.717) is 0 Å². The maximum atomic E-state index is 12.6. The molecule has 0 saturated heterocycles. The lowest BCUT2D eigenvalue weighted by atomic mass is 10.1. The first-order chi connectivity index (χ1) is 14.1. The van der Waals surface area contributed by atoms with E-state index in [1.165, 1.54) is 14.2 Å². The van der Waals surface area contributed by atoms with Gasteiger partial charge in [-0.2, -0.15) is 0 Å². The summed E-state index contributed by atoms with van der Waals surface area (Å²) >= 11 is 0. The van der Waals surface area contributed by atoms with Crippen molar-refractivity contribution in [2.45, 2.75) is 19.4 Å². The number of imidazole rings is 1. The molecule has 148 valence electrons. The third kappa shape index (κ3) is 3.35. The summed E-state index contributed by atoms with van der Waals surface area (Å²) < 4.78 is 12.0. The van der Waals surface area contributed by atoms with Gasteiger partial charge in [0.1, 0.15) is 11.5 Å². The van der Waals surface area contributed by atoms with E-state index in [0.717, 1.165) is 42.2 Å². The smallest absolute Gasteiger partial charge is 0.355 e. The van der Waals surface area contributed by atoms with Gasteiger partial charge in [0.25, 0.3) is 0 Å². The largest absolute Gasteiger partial charge is 0.465 e. The van der Waals surface area contributed by atoms with E-state index in [9.17, 15) is 9.59 Å². The highest BCUT2D eigenvalue weighted by Gasteiger charge is 2.27. The molecule has 29 heavy (non-hydrogen) atoms. The number of hydrogen-bond acceptors (Lipinski definition) is 6. The van der Waals surface area contributed by atoms with Crippen molar-refractivity contribution in [3.63, 3.8) is 0 Å². The lowest BCUT2D eigenvalue weighted by Crippen LogP contribution is -2.27. The van der Waals surface area contributed by atoms with Gasteiger partial charge in [-0.25, -0.2) is 14.6 Å². The quantitative estimate of drug-likeness (QED) is 0.746. The number of fused-ring (bicyclic) bond motifs is 1. The van der Waals surface area contributed by atoms with E-state index in [4.69, 9.17) is 9.47 Å². The molecule has 4 rings (SSSR count). The van der Waals surface area contributed by atoms with Crippen molar-refractivity contribution in [2.24, 2.45) is 0 Å². The Morgan fingerprint density at radius 1 is 1.10 bits per heavy atom. The number of anilines is 1. The molecule has 2 aliphatic rings. The molecule has 0 amide bonds. The Labute approximate surface area is 168 Å². The first kappa shape index (κ1) is 18.7. The van der Waals surface area contributed by atoms with Crippen LogP contribution in [0.2, 0.25) is 0 Å². The van der Waals surface area contributed by atoms with Crippen LogP contribution in [0, 0.1) is 0 Å². The molecule has 1 aromatic carbocycles. The predicted octanol–water partition coefficient (Wildman–Crippen LogP) is 2.99. The number of carbonyl (C=O) groups excluding carboxylic acids is 2. The zero-order valence-electron chi connectivity index (χ0n) is 16.3. The zero-order valence-corrected chi connectivity index (χ0v) is 16.3. The van der Waals surface area contributed by atoms with Gasteiger partial charge in [-0.1, -0.05) is 18.2 Å². The Morgan fingerprint density at radius 2 is 1.93 bits per heavy atom. The highest BCUT2D eigenvalue weighted by atomic mass is 16.5. The number of aryl methyl sites for hydroxylation is 1. The summed E-state index contributed by atoms with van der Waals surface area (Å²) in [6, 6.07) is 7.77. The monoisotopic (exact) mass is 391 g/mol. The number of rotatable bonds is 4. The van der Waals surface area contributed by atoms with Gasteiger partial charge in [-0.3, -0.25) is 0 Å². The van der Waals surface area contributed by atoms with Gasteiger partial charge in [0.2, 0.25) is 0 Å². The molecule has 2 aliphatic heterocycles. The molecule has 2 aromatic rings. The minimum atomic E-state index is -0.628. The molecular weight excluding hydrogens is 370 g/mol. The van der Waals surface area contributed by atoms with Crippen LogP contribution < -0.4 is 4.90 Å². The standard InChI is InChI=1S/C22H21N3O4/c1-28-21(26)17-9-3-4-11-24(20(17)22(27)29-2)16-8-5-7-15(13-16)18-14-23-19-10-6-12-25(18)19/h3-5,7-9,11,13-14H,6,10,12H2,1-2H3. The van der Waals surface area contributed by atoms with E-state index >= 15 is 0 Å². The molecule has 0 spiro atoms. The van der Waals surface area contributed by atoms with E-state index < -0.39 is 11.9 Å². The average Bonchev–Trinajstić information content (AvgIpc) is 3.30. The van der Waals surface area contributed by atoms with Crippen LogP contribution in [0.15, 0.2) is 66.2 Å². The Hall–Kier alpha value is -3.61. The molecule has 7 nitrogen and oxygen atoms in total. The normalized spacial score (nSPS) is 15.3. The highest BCUT2D eigenvalue weighted by Crippen LogP contribution is 2.31. The third-order valence-electron chi connectivity index (χ3n) is 5.03. The van der Waals surface area contributed by atoms with Crippen molar-refractivity contribution in [3.05, 3.63) is 72.0 Å². The van der Waals surface area contributed by atoms with Crippen LogP contribution in [0.25, 0.3) is 11.3 Å². The Kier molecular flexibility index (Phi) is 5.03. The molecule has 1 aromatic heterocycles. The van der Waals surface area contributed by atoms with E-state index in [-0.39, 0.29) is 11.3 Å². The topological polar surface area (TPSA) is 73.7 Å². The van der Waals surface area contributed by atoms with Gasteiger partial charge in [-0.05, 0) is 30.7 Å². The molecule has 0 fully saturated rings. The predicted molar refractivity (Wildman–Crippen MR) is 108 cm³/mol. The average molecular weight is 391 g/mol. The van der Waals surface area contributed by atoms with Gasteiger partial charge in [0.05, 0.1) is 31.7 Å². The molecular formula is C22H21N3O4. The second-order valence-electron chi connectivity index (χ2n) is 6.68. The molecule has 0 radical (unpaired) electrons. The molecule has 0 saturated carbocycles. The maximum Gasteiger partial charge on any atom is 0.355 e. The van der Waals surface area contributed by atoms with Gasteiger partial charge < -0.3 is 18.9 Å². The van der Waals surface area contributed by atoms with E-state index in [1.54, 1.807) is 29.3 Å². The molecule has 7 heteroatoms. The van der Waals surface area contributed by atoms with Gasteiger partial charge in [0.15, 0.2) is 0 Å². The van der Waals surface area contributed by atoms with Gasteiger partial charge >= 0.3 is 11.9 Å². The second-order valence-corrected chi connectivity index (χ2v) is 6.68. The zero-order chi connectivity index (χ0) is 20.4. The lowest BCUT2D eigenvalue weighted by Gasteiger charge is -2.23. The fraction of sp³-hybridized carbons (Fsp3) is 0.227. The van der Waals surface area contributed by atoms with Crippen LogP contribution in [-0.2, 0) is 32.0 Å². The number of ether oxygens (including phenoxy) is 2. The van der Waals surface area contributed by atoms with Crippen molar-refractivity contribution >= 4 is 17.6 Å². The summed E-state index contributed by atoms with van der Waals surface area (Å²) in [4.78, 5) is 31.0. The Balaban J connectivity index is 1.82. The van der Waals surface area contributed by atoms with E-state index in [1.807, 2.05) is 30.5 Å². The fourth-order valence-corrected chi connectivity index (χ4v) is 3.67. The van der Waals surface area contributed by atoms with Crippen molar-refractivity contribution < 1.29 is 19.1 Å². The molecule has 0 N–H and O–H groups in total. The number of methoxy groups -OCH3 is 2. The summed E-state index contributed by atoms with van der Waals surface area (Å²) in [5, 5.41) is 0. The number of aromatic nitrogens is 2. The third-order valence-corrected chi connectivity index (χ3v) is 5.03. The van der Waals surface area contributed by atoms with Crippen molar-refractivity contribution in [2.75, 3.05) is 19.1 Å². The minimum absolute atomic E-state index is 0.0972. The number of carbonyl (C=O) groups is 2. The first-order valence-electron chi connectivity index (χ1n) is 9.34. The van der Waals surface area contributed by atoms with Crippen molar-refractivity contribution in [3.8, 4) is 11.3 Å². The highest BCUT2D eigenvalue weighted by molar-refractivity contribution is 6.05. The van der Waals surface area contributed by atoms with Crippen LogP contribution in [0.4, 0.5) is 5.69 Å². The lowest BCUT2D eigenvalue weighted by molar-refractivity contribution is -0.139. The second kappa shape index (κ2) is 7.79. The molecule has 0 unspecified atom stereocenters. The molecule has 0 bridgehead atoms. The van der Waals surface area contributed by atoms with Gasteiger partial charge in [-0.15, -0.1) is 0 Å². The summed E-state index contributed by atoms with van der Waals surface area (Å²) in [6.45, 7) is 0.947. The van der Waals surface area contributed by atoms with Crippen molar-refractivity contribution in [1.29, 1.82) is 0 Å². The van der Waals surface area contributed by atoms with Crippen molar-refractivity contribution in [1.82, 2.24) is 9.55 Å². The minimum Gasteiger partial charge on any atom is -0.465 e. The van der Waals surface area contributed by atoms with Crippen LogP contribution >= 0.6 is 0 Å². The molecule has 3 heterocycles. The van der Waals surface area contributed by atoms with Crippen LogP contribution in [0.1, 0.15) is 12.2 Å². The molecule has 0 atom stereocenters. The summed E-state index contributed by atoms with van der Waals surface area (Å²) in [5.41, 5.74) is 2.96. The number of allylic oxidation sites excluding steroid dienone is 2. The maximum absolute atomic E-state index is 12.6. The first-order valence-corrected chi connectivity index (χ1v) is 9.34. The number of esters is 2. The van der Waals surface area contributed by atoms with Gasteiger partial charge in [0, 0.05) is 30.4 Å². The fourth-order valence-electron chi connectivity index (χ4n) is 3.67. The molecule has 0 aliphatic carbocycles. The van der Waals surface area contributed by atoms with Crippen LogP contribution in [0.3, 0.4) is 0 Å². The number of hydrogen-bond donors (Lipinski definition) is 0. The number of nitrogens with zero attached hydrogens (tertiary/aromatic N) is 3. The SMILES string of the molecule is COC(=O)C1=C(C(=O)OC)N(c2cccc(-c3cnc4n3CCC4)c2)C=CC=C1. The summed E-state index contributed by atoms with van der Waals surface area (Å²) in [5.74, 6) is -0.148. The summed E-state index contributed by atoms with van der Waals surface area (Å²) in [7, 11) is 2.56. The number of benzene rings is 1. The van der Waals surface area contributed by atoms with E-state index in [2.05, 4.69) is 9.55 Å². The van der Waals surface area contributed by atoms with Crippen LogP contribution in [-0.4, -0.2) is 35.7 Å².